The van der Waals surface area contributed by atoms with Crippen LogP contribution in [0.5, 0.6) is 5.75 Å². The average molecular weight is 485 g/mol. The van der Waals surface area contributed by atoms with Crippen LogP contribution >= 0.6 is 15.9 Å². The number of nitrogens with zero attached hydrogens (tertiary/aromatic N) is 3. The molecule has 156 valence electrons. The van der Waals surface area contributed by atoms with Crippen LogP contribution in [0.1, 0.15) is 15.9 Å². The second-order valence-corrected chi connectivity index (χ2v) is 7.68. The average Bonchev–Trinajstić information content (AvgIpc) is 2.83. The van der Waals surface area contributed by atoms with Gasteiger partial charge in [0.25, 0.3) is 5.91 Å². The highest BCUT2D eigenvalue weighted by Crippen LogP contribution is 2.25. The fourth-order valence-electron chi connectivity index (χ4n) is 3.20. The van der Waals surface area contributed by atoms with Gasteiger partial charge in [-0.2, -0.15) is 10.4 Å². The first-order chi connectivity index (χ1) is 15.7. The number of amides is 1. The van der Waals surface area contributed by atoms with Gasteiger partial charge in [-0.1, -0.05) is 64.5 Å². The number of rotatable bonds is 6. The Kier molecular flexibility index (Phi) is 6.54. The summed E-state index contributed by atoms with van der Waals surface area (Å²) in [6.45, 7) is -0.0832. The third-order valence-corrected chi connectivity index (χ3v) is 5.16. The second-order valence-electron chi connectivity index (χ2n) is 6.77. The molecule has 0 saturated heterocycles. The lowest BCUT2D eigenvalue weighted by Gasteiger charge is -2.09. The van der Waals surface area contributed by atoms with Gasteiger partial charge in [-0.15, -0.1) is 0 Å². The topological polar surface area (TPSA) is 87.4 Å². The van der Waals surface area contributed by atoms with Crippen molar-refractivity contribution in [2.75, 3.05) is 6.61 Å². The van der Waals surface area contributed by atoms with Gasteiger partial charge in [0.1, 0.15) is 11.8 Å². The Balaban J connectivity index is 1.64. The summed E-state index contributed by atoms with van der Waals surface area (Å²) in [7, 11) is 0. The van der Waals surface area contributed by atoms with E-state index in [4.69, 9.17) is 15.0 Å². The van der Waals surface area contributed by atoms with Crippen LogP contribution in [-0.2, 0) is 0 Å². The van der Waals surface area contributed by atoms with E-state index in [1.807, 2.05) is 60.7 Å². The molecule has 0 radical (unpaired) electrons. The number of hydrazone groups is 1. The molecule has 1 N–H and O–H groups in total. The highest BCUT2D eigenvalue weighted by molar-refractivity contribution is 9.10. The molecule has 6 nitrogen and oxygen atoms in total. The summed E-state index contributed by atoms with van der Waals surface area (Å²) in [6, 6.07) is 26.2. The summed E-state index contributed by atoms with van der Waals surface area (Å²) in [6.07, 6.45) is 1.48. The van der Waals surface area contributed by atoms with Crippen molar-refractivity contribution < 1.29 is 9.53 Å². The van der Waals surface area contributed by atoms with Crippen LogP contribution in [0.25, 0.3) is 22.2 Å². The van der Waals surface area contributed by atoms with Crippen molar-refractivity contribution in [2.24, 2.45) is 5.10 Å². The molecule has 1 aromatic heterocycles. The molecule has 0 atom stereocenters. The van der Waals surface area contributed by atoms with E-state index in [-0.39, 0.29) is 12.5 Å². The van der Waals surface area contributed by atoms with Gasteiger partial charge < -0.3 is 4.74 Å². The molecule has 4 rings (SSSR count). The maximum absolute atomic E-state index is 13.0. The molecule has 4 aromatic rings. The number of fused-ring (bicyclic) bond motifs is 1. The van der Waals surface area contributed by atoms with Crippen molar-refractivity contribution in [3.05, 3.63) is 94.5 Å². The lowest BCUT2D eigenvalue weighted by molar-refractivity contribution is 0.0956. The van der Waals surface area contributed by atoms with Crippen LogP contribution < -0.4 is 10.2 Å². The number of aromatic nitrogens is 1. The van der Waals surface area contributed by atoms with Gasteiger partial charge in [0.15, 0.2) is 6.61 Å². The number of hydrogen-bond donors (Lipinski definition) is 1. The molecule has 3 aromatic carbocycles. The number of benzene rings is 3. The molecule has 0 aliphatic heterocycles. The molecule has 7 heteroatoms. The Morgan fingerprint density at radius 2 is 1.88 bits per heavy atom. The zero-order valence-corrected chi connectivity index (χ0v) is 18.4. The molecule has 1 heterocycles. The monoisotopic (exact) mass is 484 g/mol. The van der Waals surface area contributed by atoms with E-state index < -0.39 is 0 Å². The first-order valence-corrected chi connectivity index (χ1v) is 10.5. The number of halogens is 1. The van der Waals surface area contributed by atoms with E-state index >= 15 is 0 Å². The van der Waals surface area contributed by atoms with Gasteiger partial charge in [-0.05, 0) is 30.3 Å². The summed E-state index contributed by atoms with van der Waals surface area (Å²) >= 11 is 3.40. The van der Waals surface area contributed by atoms with E-state index in [0.29, 0.717) is 22.6 Å². The standard InChI is InChI=1S/C25H17BrN4O2/c26-19-10-11-24(32-13-12-27)18(14-19)16-28-30-25(31)21-15-23(17-6-2-1-3-7-17)29-22-9-5-4-8-20(21)22/h1-11,14-16H,13H2,(H,30,31)/b28-16+. The molecule has 1 amide bonds. The predicted octanol–water partition coefficient (Wildman–Crippen LogP) is 5.33. The largest absolute Gasteiger partial charge is 0.478 e. The van der Waals surface area contributed by atoms with Gasteiger partial charge in [-0.3, -0.25) is 4.79 Å². The Hall–Kier alpha value is -4.02. The van der Waals surface area contributed by atoms with Crippen molar-refractivity contribution in [1.29, 1.82) is 5.26 Å². The molecule has 0 aliphatic carbocycles. The van der Waals surface area contributed by atoms with Gasteiger partial charge >= 0.3 is 0 Å². The highest BCUT2D eigenvalue weighted by Gasteiger charge is 2.13. The Morgan fingerprint density at radius 3 is 2.69 bits per heavy atom. The zero-order chi connectivity index (χ0) is 22.3. The molecule has 0 unspecified atom stereocenters. The smallest absolute Gasteiger partial charge is 0.272 e. The number of pyridine rings is 1. The molecular formula is C25H17BrN4O2. The first kappa shape index (κ1) is 21.2. The summed E-state index contributed by atoms with van der Waals surface area (Å²) in [4.78, 5) is 17.7. The summed E-state index contributed by atoms with van der Waals surface area (Å²) in [5, 5.41) is 13.6. The van der Waals surface area contributed by atoms with Crippen LogP contribution in [0.4, 0.5) is 0 Å². The Labute approximate surface area is 193 Å². The maximum atomic E-state index is 13.0. The molecule has 0 saturated carbocycles. The lowest BCUT2D eigenvalue weighted by Crippen LogP contribution is -2.18. The summed E-state index contributed by atoms with van der Waals surface area (Å²) in [5.41, 5.74) is 6.04. The van der Waals surface area contributed by atoms with Gasteiger partial charge in [0.2, 0.25) is 0 Å². The molecule has 32 heavy (non-hydrogen) atoms. The summed E-state index contributed by atoms with van der Waals surface area (Å²) < 4.78 is 6.23. The van der Waals surface area contributed by atoms with Crippen LogP contribution in [0.2, 0.25) is 0 Å². The van der Waals surface area contributed by atoms with Crippen molar-refractivity contribution in [2.45, 2.75) is 0 Å². The summed E-state index contributed by atoms with van der Waals surface area (Å²) in [5.74, 6) is 0.139. The number of carbonyl (C=O) groups is 1. The minimum absolute atomic E-state index is 0.0832. The van der Waals surface area contributed by atoms with Crippen LogP contribution in [0, 0.1) is 11.3 Å². The van der Waals surface area contributed by atoms with E-state index in [2.05, 4.69) is 26.5 Å². The highest BCUT2D eigenvalue weighted by atomic mass is 79.9. The third kappa shape index (κ3) is 4.82. The second kappa shape index (κ2) is 9.86. The fraction of sp³-hybridized carbons (Fsp3) is 0.0400. The van der Waals surface area contributed by atoms with Crippen molar-refractivity contribution in [3.8, 4) is 23.1 Å². The molecule has 0 bridgehead atoms. The molecule has 0 fully saturated rings. The number of nitrogens with one attached hydrogen (secondary N) is 1. The lowest BCUT2D eigenvalue weighted by atomic mass is 10.0. The fourth-order valence-corrected chi connectivity index (χ4v) is 3.58. The number of carbonyl (C=O) groups excluding carboxylic acids is 1. The van der Waals surface area contributed by atoms with Crippen molar-refractivity contribution >= 4 is 39.0 Å². The van der Waals surface area contributed by atoms with Crippen LogP contribution in [0.3, 0.4) is 0 Å². The van der Waals surface area contributed by atoms with E-state index in [0.717, 1.165) is 20.9 Å². The predicted molar refractivity (Wildman–Crippen MR) is 127 cm³/mol. The van der Waals surface area contributed by atoms with Gasteiger partial charge in [0, 0.05) is 21.0 Å². The number of ether oxygens (including phenoxy) is 1. The quantitative estimate of drug-likeness (QED) is 0.296. The molecular weight excluding hydrogens is 468 g/mol. The van der Waals surface area contributed by atoms with Crippen molar-refractivity contribution in [1.82, 2.24) is 10.4 Å². The van der Waals surface area contributed by atoms with E-state index in [1.165, 1.54) is 6.21 Å². The Bertz CT molecular complexity index is 1350. The van der Waals surface area contributed by atoms with Crippen LogP contribution in [0.15, 0.2) is 88.4 Å². The van der Waals surface area contributed by atoms with Gasteiger partial charge in [-0.25, -0.2) is 10.4 Å². The minimum Gasteiger partial charge on any atom is -0.478 e. The van der Waals surface area contributed by atoms with Gasteiger partial charge in [0.05, 0.1) is 23.0 Å². The van der Waals surface area contributed by atoms with Crippen LogP contribution in [-0.4, -0.2) is 23.7 Å². The number of nitriles is 1. The maximum Gasteiger partial charge on any atom is 0.272 e. The normalized spacial score (nSPS) is 10.8. The molecule has 0 aliphatic rings. The van der Waals surface area contributed by atoms with Crippen molar-refractivity contribution in [3.63, 3.8) is 0 Å². The SMILES string of the molecule is N#CCOc1ccc(Br)cc1/C=N/NC(=O)c1cc(-c2ccccc2)nc2ccccc12. The minimum atomic E-state index is -0.355. The zero-order valence-electron chi connectivity index (χ0n) is 16.8. The van der Waals surface area contributed by atoms with E-state index in [9.17, 15) is 4.79 Å². The number of hydrogen-bond acceptors (Lipinski definition) is 5. The number of para-hydroxylation sites is 1. The third-order valence-electron chi connectivity index (χ3n) is 4.66. The van der Waals surface area contributed by atoms with E-state index in [1.54, 1.807) is 24.3 Å². The molecule has 0 spiro atoms. The first-order valence-electron chi connectivity index (χ1n) is 9.73. The Morgan fingerprint density at radius 1 is 1.09 bits per heavy atom.